The third kappa shape index (κ3) is 21.1. The van der Waals surface area contributed by atoms with Gasteiger partial charge in [-0.1, -0.05) is 64.9 Å². The van der Waals surface area contributed by atoms with Gasteiger partial charge in [0.05, 0.1) is 5.75 Å². The molecular formula is C15H31NNa2O4S. The minimum atomic E-state index is -4.08. The van der Waals surface area contributed by atoms with Crippen molar-refractivity contribution in [2.75, 3.05) is 5.75 Å². The van der Waals surface area contributed by atoms with Crippen molar-refractivity contribution in [3.63, 3.8) is 0 Å². The SMILES string of the molecule is C=CC(=O)NC(CCCCCCCCCC)CS(=O)(=O)O.[NaH].[NaH]. The van der Waals surface area contributed by atoms with Gasteiger partial charge in [-0.05, 0) is 12.5 Å². The molecule has 1 atom stereocenters. The first-order valence-electron chi connectivity index (χ1n) is 7.77. The van der Waals surface area contributed by atoms with Gasteiger partial charge in [-0.2, -0.15) is 8.42 Å². The molecule has 0 aromatic heterocycles. The Balaban J connectivity index is -0.00000200. The molecule has 0 bridgehead atoms. The number of carbonyl (C=O) groups excluding carboxylic acids is 1. The average Bonchev–Trinajstić information content (AvgIpc) is 2.39. The Labute approximate surface area is 185 Å². The van der Waals surface area contributed by atoms with E-state index in [1.54, 1.807) is 0 Å². The monoisotopic (exact) mass is 367 g/mol. The number of hydrogen-bond acceptors (Lipinski definition) is 3. The van der Waals surface area contributed by atoms with E-state index in [1.165, 1.54) is 32.1 Å². The van der Waals surface area contributed by atoms with Crippen LogP contribution in [0.2, 0.25) is 0 Å². The maximum atomic E-state index is 11.2. The standard InChI is InChI=1S/C15H29NO4S.2Na.2H/c1-3-5-6-7-8-9-10-11-12-14(13-21(18,19)20)16-15(17)4-2;;;;/h4,14H,2-3,5-13H2,1H3,(H,16,17)(H,18,19,20);;;;. The van der Waals surface area contributed by atoms with E-state index in [2.05, 4.69) is 18.8 Å². The van der Waals surface area contributed by atoms with Crippen molar-refractivity contribution in [2.45, 2.75) is 70.8 Å². The van der Waals surface area contributed by atoms with Crippen molar-refractivity contribution < 1.29 is 17.8 Å². The molecule has 0 fully saturated rings. The second-order valence-corrected chi connectivity index (χ2v) is 6.92. The summed E-state index contributed by atoms with van der Waals surface area (Å²) in [6.07, 6.45) is 10.9. The van der Waals surface area contributed by atoms with Crippen LogP contribution in [0.15, 0.2) is 12.7 Å². The Morgan fingerprint density at radius 1 is 1.09 bits per heavy atom. The fourth-order valence-electron chi connectivity index (χ4n) is 2.24. The Bertz CT molecular complexity index is 402. The molecule has 0 aliphatic carbocycles. The second kappa shape index (κ2) is 17.9. The van der Waals surface area contributed by atoms with Crippen LogP contribution in [-0.4, -0.2) is 89.8 Å². The Hall–Kier alpha value is 1.12. The first-order chi connectivity index (χ1) is 9.89. The molecule has 1 amide bonds. The summed E-state index contributed by atoms with van der Waals surface area (Å²) in [4.78, 5) is 11.2. The van der Waals surface area contributed by atoms with Crippen LogP contribution in [0, 0.1) is 0 Å². The summed E-state index contributed by atoms with van der Waals surface area (Å²) in [6, 6.07) is -0.550. The molecular weight excluding hydrogens is 336 g/mol. The van der Waals surface area contributed by atoms with E-state index in [0.717, 1.165) is 25.3 Å². The number of amides is 1. The van der Waals surface area contributed by atoms with E-state index >= 15 is 0 Å². The van der Waals surface area contributed by atoms with Crippen molar-refractivity contribution in [2.24, 2.45) is 0 Å². The van der Waals surface area contributed by atoms with Crippen LogP contribution in [0.4, 0.5) is 0 Å². The quantitative estimate of drug-likeness (QED) is 0.225. The first kappa shape index (κ1) is 28.9. The van der Waals surface area contributed by atoms with Crippen molar-refractivity contribution in [3.05, 3.63) is 12.7 Å². The van der Waals surface area contributed by atoms with Crippen LogP contribution < -0.4 is 5.32 Å². The van der Waals surface area contributed by atoms with Gasteiger partial charge in [0.15, 0.2) is 0 Å². The number of unbranched alkanes of at least 4 members (excludes halogenated alkanes) is 7. The van der Waals surface area contributed by atoms with Gasteiger partial charge >= 0.3 is 59.1 Å². The molecule has 0 saturated carbocycles. The third-order valence-electron chi connectivity index (χ3n) is 3.35. The van der Waals surface area contributed by atoms with E-state index in [0.29, 0.717) is 6.42 Å². The van der Waals surface area contributed by atoms with Crippen LogP contribution in [-0.2, 0) is 14.9 Å². The molecule has 2 N–H and O–H groups in total. The third-order valence-corrected chi connectivity index (χ3v) is 4.17. The number of nitrogens with one attached hydrogen (secondary N) is 1. The van der Waals surface area contributed by atoms with Crippen molar-refractivity contribution in [1.82, 2.24) is 5.32 Å². The van der Waals surface area contributed by atoms with Gasteiger partial charge in [0.1, 0.15) is 0 Å². The van der Waals surface area contributed by atoms with Gasteiger partial charge in [0, 0.05) is 6.04 Å². The number of hydrogen-bond donors (Lipinski definition) is 2. The zero-order valence-corrected chi connectivity index (χ0v) is 13.8. The summed E-state index contributed by atoms with van der Waals surface area (Å²) < 4.78 is 30.7. The molecule has 0 rings (SSSR count). The van der Waals surface area contributed by atoms with Gasteiger partial charge in [-0.3, -0.25) is 9.35 Å². The summed E-state index contributed by atoms with van der Waals surface area (Å²) >= 11 is 0. The Kier molecular flexibility index (Phi) is 22.5. The van der Waals surface area contributed by atoms with Gasteiger partial charge in [-0.15, -0.1) is 0 Å². The van der Waals surface area contributed by atoms with E-state index in [9.17, 15) is 13.2 Å². The topological polar surface area (TPSA) is 83.5 Å². The normalized spacial score (nSPS) is 11.7. The maximum absolute atomic E-state index is 11.2. The molecule has 0 spiro atoms. The van der Waals surface area contributed by atoms with Crippen LogP contribution in [0.1, 0.15) is 64.7 Å². The predicted octanol–water partition coefficient (Wildman–Crippen LogP) is 1.78. The second-order valence-electron chi connectivity index (χ2n) is 5.42. The number of rotatable bonds is 13. The van der Waals surface area contributed by atoms with E-state index in [-0.39, 0.29) is 59.1 Å². The first-order valence-corrected chi connectivity index (χ1v) is 9.38. The fourth-order valence-corrected chi connectivity index (χ4v) is 2.99. The van der Waals surface area contributed by atoms with Crippen LogP contribution in [0.25, 0.3) is 0 Å². The molecule has 8 heteroatoms. The van der Waals surface area contributed by atoms with Gasteiger partial charge in [-0.25, -0.2) is 0 Å². The molecule has 0 aromatic carbocycles. The molecule has 0 aliphatic rings. The van der Waals surface area contributed by atoms with E-state index in [4.69, 9.17) is 4.55 Å². The van der Waals surface area contributed by atoms with Gasteiger partial charge in [0.25, 0.3) is 10.1 Å². The summed E-state index contributed by atoms with van der Waals surface area (Å²) in [5.74, 6) is -0.855. The predicted molar refractivity (Wildman–Crippen MR) is 100 cm³/mol. The Morgan fingerprint density at radius 2 is 1.57 bits per heavy atom. The van der Waals surface area contributed by atoms with Crippen molar-refractivity contribution in [3.8, 4) is 0 Å². The average molecular weight is 367 g/mol. The molecule has 0 radical (unpaired) electrons. The van der Waals surface area contributed by atoms with Crippen LogP contribution in [0.3, 0.4) is 0 Å². The molecule has 0 aromatic rings. The van der Waals surface area contributed by atoms with Gasteiger partial charge in [0.2, 0.25) is 5.91 Å². The summed E-state index contributed by atoms with van der Waals surface area (Å²) in [6.45, 7) is 5.52. The number of carbonyl (C=O) groups is 1. The van der Waals surface area contributed by atoms with Gasteiger partial charge < -0.3 is 5.32 Å². The summed E-state index contributed by atoms with van der Waals surface area (Å²) in [7, 11) is -4.08. The van der Waals surface area contributed by atoms with Crippen molar-refractivity contribution >= 4 is 75.1 Å². The molecule has 5 nitrogen and oxygen atoms in total. The Morgan fingerprint density at radius 3 is 2.00 bits per heavy atom. The van der Waals surface area contributed by atoms with Crippen LogP contribution in [0.5, 0.6) is 0 Å². The summed E-state index contributed by atoms with van der Waals surface area (Å²) in [5.41, 5.74) is 0. The molecule has 0 heterocycles. The minimum absolute atomic E-state index is 0. The molecule has 23 heavy (non-hydrogen) atoms. The van der Waals surface area contributed by atoms with E-state index < -0.39 is 27.8 Å². The zero-order valence-electron chi connectivity index (χ0n) is 13.0. The zero-order chi connectivity index (χ0) is 16.1. The molecule has 0 aliphatic heterocycles. The summed E-state index contributed by atoms with van der Waals surface area (Å²) in [5, 5.41) is 2.55. The van der Waals surface area contributed by atoms with E-state index in [1.807, 2.05) is 0 Å². The fraction of sp³-hybridized carbons (Fsp3) is 0.800. The van der Waals surface area contributed by atoms with Crippen molar-refractivity contribution in [1.29, 1.82) is 0 Å². The molecule has 0 saturated heterocycles. The molecule has 1 unspecified atom stereocenters. The van der Waals surface area contributed by atoms with Crippen LogP contribution >= 0.6 is 0 Å². The molecule has 128 valence electrons.